The summed E-state index contributed by atoms with van der Waals surface area (Å²) < 4.78 is 11.5. The second kappa shape index (κ2) is 29.9. The van der Waals surface area contributed by atoms with Gasteiger partial charge in [-0.2, -0.15) is 0 Å². The summed E-state index contributed by atoms with van der Waals surface area (Å²) in [6.07, 6.45) is 26.6. The summed E-state index contributed by atoms with van der Waals surface area (Å²) in [5.41, 5.74) is 0. The van der Waals surface area contributed by atoms with E-state index in [0.717, 1.165) is 26.4 Å². The van der Waals surface area contributed by atoms with Gasteiger partial charge in [-0.15, -0.1) is 0 Å². The highest BCUT2D eigenvalue weighted by Crippen LogP contribution is 2.06. The van der Waals surface area contributed by atoms with Crippen LogP contribution in [-0.2, 0) is 9.47 Å². The minimum absolute atomic E-state index is 0.969. The Labute approximate surface area is 196 Å². The molecular formula is C28H59NO2. The molecular weight excluding hydrogens is 382 g/mol. The van der Waals surface area contributed by atoms with Gasteiger partial charge in [0.2, 0.25) is 0 Å². The Morgan fingerprint density at radius 2 is 0.645 bits per heavy atom. The first-order chi connectivity index (χ1) is 15.4. The van der Waals surface area contributed by atoms with Crippen LogP contribution in [0.2, 0.25) is 0 Å². The zero-order chi connectivity index (χ0) is 22.5. The van der Waals surface area contributed by atoms with E-state index in [1.54, 1.807) is 0 Å². The summed E-state index contributed by atoms with van der Waals surface area (Å²) in [5.74, 6) is 0. The standard InChI is InChI=1S/C28H59NO2/c1-3-5-7-13-19-25-30-27-21-15-9-11-17-23-29-24-18-12-10-16-22-28-31-26-20-14-8-6-4-2/h29H,3-28H2,1-2H3. The number of unbranched alkanes of at least 4 members (excludes halogenated alkanes) is 16. The summed E-state index contributed by atoms with van der Waals surface area (Å²) in [5, 5.41) is 3.62. The molecule has 0 aromatic carbocycles. The molecule has 0 aliphatic rings. The molecule has 0 bridgehead atoms. The van der Waals surface area contributed by atoms with Crippen molar-refractivity contribution in [1.82, 2.24) is 5.32 Å². The van der Waals surface area contributed by atoms with Crippen molar-refractivity contribution >= 4 is 0 Å². The second-order valence-corrected chi connectivity index (χ2v) is 9.34. The third-order valence-electron chi connectivity index (χ3n) is 6.07. The van der Waals surface area contributed by atoms with Gasteiger partial charge in [0.05, 0.1) is 0 Å². The second-order valence-electron chi connectivity index (χ2n) is 9.34. The van der Waals surface area contributed by atoms with Crippen molar-refractivity contribution < 1.29 is 9.47 Å². The van der Waals surface area contributed by atoms with E-state index in [4.69, 9.17) is 9.47 Å². The molecule has 0 heterocycles. The first-order valence-corrected chi connectivity index (χ1v) is 14.3. The van der Waals surface area contributed by atoms with Gasteiger partial charge in [-0.1, -0.05) is 104 Å². The molecule has 31 heavy (non-hydrogen) atoms. The Bertz CT molecular complexity index is 271. The van der Waals surface area contributed by atoms with Gasteiger partial charge < -0.3 is 14.8 Å². The third-order valence-corrected chi connectivity index (χ3v) is 6.07. The highest BCUT2D eigenvalue weighted by atomic mass is 16.5. The van der Waals surface area contributed by atoms with Crippen molar-refractivity contribution in [3.63, 3.8) is 0 Å². The van der Waals surface area contributed by atoms with Gasteiger partial charge in [0.15, 0.2) is 0 Å². The SMILES string of the molecule is CCCCCCCOCCCCCCCNCCCCCCCOCCCCCCC. The predicted octanol–water partition coefficient (Wildman–Crippen LogP) is 8.45. The van der Waals surface area contributed by atoms with E-state index in [1.807, 2.05) is 0 Å². The molecule has 3 heteroatoms. The number of rotatable bonds is 28. The highest BCUT2D eigenvalue weighted by molar-refractivity contribution is 4.52. The van der Waals surface area contributed by atoms with Crippen molar-refractivity contribution in [1.29, 1.82) is 0 Å². The van der Waals surface area contributed by atoms with E-state index < -0.39 is 0 Å². The number of ether oxygens (including phenoxy) is 2. The van der Waals surface area contributed by atoms with Crippen molar-refractivity contribution in [2.24, 2.45) is 0 Å². The van der Waals surface area contributed by atoms with E-state index in [0.29, 0.717) is 0 Å². The molecule has 0 fully saturated rings. The summed E-state index contributed by atoms with van der Waals surface area (Å²) in [4.78, 5) is 0. The monoisotopic (exact) mass is 441 g/mol. The minimum atomic E-state index is 0.969. The van der Waals surface area contributed by atoms with Crippen LogP contribution in [0.3, 0.4) is 0 Å². The van der Waals surface area contributed by atoms with E-state index >= 15 is 0 Å². The predicted molar refractivity (Wildman–Crippen MR) is 138 cm³/mol. The Balaban J connectivity index is 2.98. The van der Waals surface area contributed by atoms with Gasteiger partial charge in [-0.25, -0.2) is 0 Å². The molecule has 0 unspecified atom stereocenters. The number of nitrogens with one attached hydrogen (secondary N) is 1. The van der Waals surface area contributed by atoms with Crippen LogP contribution in [0.4, 0.5) is 0 Å². The molecule has 0 amide bonds. The Morgan fingerprint density at radius 1 is 0.355 bits per heavy atom. The maximum absolute atomic E-state index is 5.74. The van der Waals surface area contributed by atoms with Crippen molar-refractivity contribution in [2.45, 2.75) is 142 Å². The van der Waals surface area contributed by atoms with Crippen molar-refractivity contribution in [3.8, 4) is 0 Å². The molecule has 0 aromatic heterocycles. The average Bonchev–Trinajstić information content (AvgIpc) is 2.78. The molecule has 0 spiro atoms. The molecule has 0 aliphatic heterocycles. The molecule has 0 saturated heterocycles. The van der Waals surface area contributed by atoms with E-state index in [9.17, 15) is 0 Å². The average molecular weight is 442 g/mol. The van der Waals surface area contributed by atoms with Crippen LogP contribution >= 0.6 is 0 Å². The van der Waals surface area contributed by atoms with Crippen LogP contribution in [0.25, 0.3) is 0 Å². The number of hydrogen-bond acceptors (Lipinski definition) is 3. The van der Waals surface area contributed by atoms with Crippen LogP contribution in [0.1, 0.15) is 142 Å². The minimum Gasteiger partial charge on any atom is -0.381 e. The van der Waals surface area contributed by atoms with Gasteiger partial charge in [0, 0.05) is 26.4 Å². The summed E-state index contributed by atoms with van der Waals surface area (Å²) >= 11 is 0. The Kier molecular flexibility index (Phi) is 29.8. The summed E-state index contributed by atoms with van der Waals surface area (Å²) in [6.45, 7) is 10.8. The van der Waals surface area contributed by atoms with E-state index in [2.05, 4.69) is 19.2 Å². The topological polar surface area (TPSA) is 30.5 Å². The first-order valence-electron chi connectivity index (χ1n) is 14.3. The lowest BCUT2D eigenvalue weighted by Crippen LogP contribution is -2.16. The molecule has 0 atom stereocenters. The fourth-order valence-electron chi connectivity index (χ4n) is 3.91. The van der Waals surface area contributed by atoms with Gasteiger partial charge >= 0.3 is 0 Å². The van der Waals surface area contributed by atoms with Crippen LogP contribution in [-0.4, -0.2) is 39.5 Å². The molecule has 0 rings (SSSR count). The molecule has 0 aliphatic carbocycles. The molecule has 188 valence electrons. The lowest BCUT2D eigenvalue weighted by atomic mass is 10.1. The largest absolute Gasteiger partial charge is 0.381 e. The number of hydrogen-bond donors (Lipinski definition) is 1. The zero-order valence-electron chi connectivity index (χ0n) is 21.7. The fraction of sp³-hybridized carbons (Fsp3) is 1.00. The Morgan fingerprint density at radius 3 is 1.00 bits per heavy atom. The molecule has 1 N–H and O–H groups in total. The van der Waals surface area contributed by atoms with Crippen LogP contribution in [0.5, 0.6) is 0 Å². The van der Waals surface area contributed by atoms with E-state index in [1.165, 1.54) is 142 Å². The van der Waals surface area contributed by atoms with Crippen LogP contribution in [0.15, 0.2) is 0 Å². The van der Waals surface area contributed by atoms with Crippen LogP contribution < -0.4 is 5.32 Å². The Hall–Kier alpha value is -0.120. The van der Waals surface area contributed by atoms with Gasteiger partial charge in [-0.3, -0.25) is 0 Å². The van der Waals surface area contributed by atoms with Crippen molar-refractivity contribution in [2.75, 3.05) is 39.5 Å². The normalized spacial score (nSPS) is 11.4. The van der Waals surface area contributed by atoms with Gasteiger partial charge in [0.25, 0.3) is 0 Å². The zero-order valence-corrected chi connectivity index (χ0v) is 21.7. The van der Waals surface area contributed by atoms with Crippen molar-refractivity contribution in [3.05, 3.63) is 0 Å². The molecule has 0 saturated carbocycles. The third kappa shape index (κ3) is 29.9. The maximum atomic E-state index is 5.74. The lowest BCUT2D eigenvalue weighted by Gasteiger charge is -2.06. The summed E-state index contributed by atoms with van der Waals surface area (Å²) in [7, 11) is 0. The van der Waals surface area contributed by atoms with E-state index in [-0.39, 0.29) is 0 Å². The van der Waals surface area contributed by atoms with Gasteiger partial charge in [-0.05, 0) is 51.6 Å². The quantitative estimate of drug-likeness (QED) is 0.123. The van der Waals surface area contributed by atoms with Gasteiger partial charge in [0.1, 0.15) is 0 Å². The molecule has 0 radical (unpaired) electrons. The fourth-order valence-corrected chi connectivity index (χ4v) is 3.91. The summed E-state index contributed by atoms with van der Waals surface area (Å²) in [6, 6.07) is 0. The smallest absolute Gasteiger partial charge is 0.0466 e. The first kappa shape index (κ1) is 30.9. The highest BCUT2D eigenvalue weighted by Gasteiger charge is 1.95. The lowest BCUT2D eigenvalue weighted by molar-refractivity contribution is 0.125. The molecule has 3 nitrogen and oxygen atoms in total. The molecule has 0 aromatic rings. The maximum Gasteiger partial charge on any atom is 0.0466 e. The van der Waals surface area contributed by atoms with Crippen LogP contribution in [0, 0.1) is 0 Å².